The van der Waals surface area contributed by atoms with Gasteiger partial charge in [0.15, 0.2) is 5.13 Å². The number of carbonyl (C=O) groups is 4. The maximum atomic E-state index is 13.0. The maximum Gasteiger partial charge on any atom is 0.338 e. The predicted octanol–water partition coefficient (Wildman–Crippen LogP) is 4.40. The van der Waals surface area contributed by atoms with E-state index in [0.717, 1.165) is 4.90 Å². The second-order valence-corrected chi connectivity index (χ2v) is 8.91. The predicted molar refractivity (Wildman–Crippen MR) is 132 cm³/mol. The van der Waals surface area contributed by atoms with Crippen LogP contribution >= 0.6 is 22.9 Å². The van der Waals surface area contributed by atoms with Crippen LogP contribution in [0.3, 0.4) is 0 Å². The van der Waals surface area contributed by atoms with Gasteiger partial charge in [-0.1, -0.05) is 17.7 Å². The van der Waals surface area contributed by atoms with Gasteiger partial charge in [-0.25, -0.2) is 14.7 Å². The first-order chi connectivity index (χ1) is 16.7. The van der Waals surface area contributed by atoms with E-state index >= 15 is 0 Å². The molecule has 0 atom stereocenters. The van der Waals surface area contributed by atoms with Crippen LogP contribution in [0.2, 0.25) is 0 Å². The number of ether oxygens (including phenoxy) is 1. The first-order valence-corrected chi connectivity index (χ1v) is 11.7. The van der Waals surface area contributed by atoms with Crippen molar-refractivity contribution in [3.05, 3.63) is 82.0 Å². The molecule has 3 aromatic rings. The Hall–Kier alpha value is -4.02. The molecule has 9 nitrogen and oxygen atoms in total. The number of thiazole rings is 1. The van der Waals surface area contributed by atoms with Crippen molar-refractivity contribution in [3.63, 3.8) is 0 Å². The molecule has 2 aromatic carbocycles. The van der Waals surface area contributed by atoms with E-state index in [-0.39, 0.29) is 34.0 Å². The highest BCUT2D eigenvalue weighted by Gasteiger charge is 2.39. The third kappa shape index (κ3) is 5.23. The summed E-state index contributed by atoms with van der Waals surface area (Å²) in [6.07, 6.45) is 1.30. The highest BCUT2D eigenvalue weighted by atomic mass is 35.5. The van der Waals surface area contributed by atoms with Crippen molar-refractivity contribution < 1.29 is 23.9 Å². The Morgan fingerprint density at radius 1 is 1.06 bits per heavy atom. The third-order valence-electron chi connectivity index (χ3n) is 4.78. The van der Waals surface area contributed by atoms with Crippen LogP contribution in [0.25, 0.3) is 0 Å². The summed E-state index contributed by atoms with van der Waals surface area (Å²) >= 11 is 7.48. The molecule has 1 aliphatic heterocycles. The number of rotatable bonds is 7. The van der Waals surface area contributed by atoms with Crippen molar-refractivity contribution >= 4 is 63.1 Å². The number of halogens is 1. The normalized spacial score (nSPS) is 13.4. The first-order valence-electron chi connectivity index (χ1n) is 10.4. The number of anilines is 3. The Kier molecular flexibility index (Phi) is 6.94. The molecule has 2 N–H and O–H groups in total. The van der Waals surface area contributed by atoms with Gasteiger partial charge in [-0.05, 0) is 56.3 Å². The van der Waals surface area contributed by atoms with Crippen molar-refractivity contribution in [2.45, 2.75) is 20.0 Å². The van der Waals surface area contributed by atoms with Gasteiger partial charge >= 0.3 is 5.97 Å². The molecule has 0 fully saturated rings. The number of esters is 1. The fourth-order valence-corrected chi connectivity index (χ4v) is 3.95. The molecule has 3 amide bonds. The number of nitrogens with one attached hydrogen (secondary N) is 2. The van der Waals surface area contributed by atoms with Gasteiger partial charge in [0.1, 0.15) is 10.7 Å². The summed E-state index contributed by atoms with van der Waals surface area (Å²) in [6, 6.07) is 12.2. The summed E-state index contributed by atoms with van der Waals surface area (Å²) in [7, 11) is 0. The number of nitrogens with zero attached hydrogens (tertiary/aromatic N) is 2. The van der Waals surface area contributed by atoms with Crippen molar-refractivity contribution in [3.8, 4) is 0 Å². The molecule has 0 saturated carbocycles. The Balaban J connectivity index is 1.50. The minimum atomic E-state index is -0.714. The average Bonchev–Trinajstić information content (AvgIpc) is 3.41. The molecule has 0 unspecified atom stereocenters. The van der Waals surface area contributed by atoms with Gasteiger partial charge in [-0.3, -0.25) is 19.7 Å². The number of imide groups is 1. The zero-order chi connectivity index (χ0) is 25.1. The molecule has 2 heterocycles. The van der Waals surface area contributed by atoms with Crippen LogP contribution in [-0.2, 0) is 14.3 Å². The SMILES string of the molecule is CC(C)OC(=O)c1ccc(N2C(=O)C(Cl)=C(Nc3cccc(C(=O)Nc4nccs4)c3)C2=O)cc1. The summed E-state index contributed by atoms with van der Waals surface area (Å²) in [5.74, 6) is -2.28. The Labute approximate surface area is 209 Å². The number of benzene rings is 2. The van der Waals surface area contributed by atoms with Gasteiger partial charge in [-0.15, -0.1) is 11.3 Å². The summed E-state index contributed by atoms with van der Waals surface area (Å²) in [4.78, 5) is 55.2. The maximum absolute atomic E-state index is 13.0. The van der Waals surface area contributed by atoms with Crippen LogP contribution < -0.4 is 15.5 Å². The second-order valence-electron chi connectivity index (χ2n) is 7.63. The molecule has 1 aliphatic rings. The summed E-state index contributed by atoms with van der Waals surface area (Å²) in [6.45, 7) is 3.47. The number of carbonyl (C=O) groups excluding carboxylic acids is 4. The molecule has 0 radical (unpaired) electrons. The van der Waals surface area contributed by atoms with E-state index in [0.29, 0.717) is 16.4 Å². The van der Waals surface area contributed by atoms with Crippen molar-refractivity contribution in [1.29, 1.82) is 0 Å². The van der Waals surface area contributed by atoms with Gasteiger partial charge in [0.2, 0.25) is 0 Å². The molecule has 35 heavy (non-hydrogen) atoms. The molecule has 1 aromatic heterocycles. The Morgan fingerprint density at radius 3 is 2.46 bits per heavy atom. The van der Waals surface area contributed by atoms with Crippen molar-refractivity contribution in [2.24, 2.45) is 0 Å². The minimum absolute atomic E-state index is 0.127. The van der Waals surface area contributed by atoms with E-state index in [2.05, 4.69) is 15.6 Å². The quantitative estimate of drug-likeness (QED) is 0.357. The Bertz CT molecular complexity index is 1340. The first kappa shape index (κ1) is 24.1. The van der Waals surface area contributed by atoms with E-state index in [4.69, 9.17) is 16.3 Å². The van der Waals surface area contributed by atoms with E-state index in [1.54, 1.807) is 43.6 Å². The number of hydrogen-bond donors (Lipinski definition) is 2. The van der Waals surface area contributed by atoms with E-state index < -0.39 is 17.8 Å². The fraction of sp³-hybridized carbons (Fsp3) is 0.125. The zero-order valence-corrected chi connectivity index (χ0v) is 20.1. The standard InChI is InChI=1S/C24H19ClN4O5S/c1-13(2)34-23(33)14-6-8-17(9-7-14)29-21(31)18(25)19(22(29)32)27-16-5-3-4-15(12-16)20(30)28-24-26-10-11-35-24/h3-13,27H,1-2H3,(H,26,28,30). The largest absolute Gasteiger partial charge is 0.459 e. The van der Waals surface area contributed by atoms with Crippen LogP contribution in [0.4, 0.5) is 16.5 Å². The summed E-state index contributed by atoms with van der Waals surface area (Å²) in [5, 5.41) is 7.42. The molecule has 4 rings (SSSR count). The van der Waals surface area contributed by atoms with Gasteiger partial charge in [0, 0.05) is 22.8 Å². The topological polar surface area (TPSA) is 118 Å². The Morgan fingerprint density at radius 2 is 1.80 bits per heavy atom. The highest BCUT2D eigenvalue weighted by molar-refractivity contribution is 7.13. The van der Waals surface area contributed by atoms with Crippen LogP contribution in [0.5, 0.6) is 0 Å². The van der Waals surface area contributed by atoms with Crippen LogP contribution in [0.1, 0.15) is 34.6 Å². The lowest BCUT2D eigenvalue weighted by Crippen LogP contribution is -2.32. The lowest BCUT2D eigenvalue weighted by atomic mass is 10.2. The second kappa shape index (κ2) is 10.1. The summed E-state index contributed by atoms with van der Waals surface area (Å²) in [5.41, 5.74) is 1.11. The molecule has 0 bridgehead atoms. The fourth-order valence-electron chi connectivity index (χ4n) is 3.21. The lowest BCUT2D eigenvalue weighted by molar-refractivity contribution is -0.120. The highest BCUT2D eigenvalue weighted by Crippen LogP contribution is 2.30. The minimum Gasteiger partial charge on any atom is -0.459 e. The molecule has 0 aliphatic carbocycles. The average molecular weight is 511 g/mol. The number of hydrogen-bond acceptors (Lipinski definition) is 8. The number of aromatic nitrogens is 1. The van der Waals surface area contributed by atoms with E-state index in [1.165, 1.54) is 41.7 Å². The van der Waals surface area contributed by atoms with E-state index in [9.17, 15) is 19.2 Å². The molecular formula is C24H19ClN4O5S. The zero-order valence-electron chi connectivity index (χ0n) is 18.6. The van der Waals surface area contributed by atoms with Gasteiger partial charge < -0.3 is 10.1 Å². The molecular weight excluding hydrogens is 492 g/mol. The van der Waals surface area contributed by atoms with Crippen molar-refractivity contribution in [1.82, 2.24) is 4.98 Å². The number of amides is 3. The molecule has 0 saturated heterocycles. The van der Waals surface area contributed by atoms with Crippen LogP contribution in [0.15, 0.2) is 70.8 Å². The molecule has 178 valence electrons. The third-order valence-corrected chi connectivity index (χ3v) is 5.82. The molecule has 0 spiro atoms. The van der Waals surface area contributed by atoms with Gasteiger partial charge in [0.25, 0.3) is 17.7 Å². The monoisotopic (exact) mass is 510 g/mol. The smallest absolute Gasteiger partial charge is 0.338 e. The van der Waals surface area contributed by atoms with Gasteiger partial charge in [0.05, 0.1) is 17.4 Å². The van der Waals surface area contributed by atoms with Crippen LogP contribution in [0, 0.1) is 0 Å². The van der Waals surface area contributed by atoms with E-state index in [1.807, 2.05) is 0 Å². The lowest BCUT2D eigenvalue weighted by Gasteiger charge is -2.16. The van der Waals surface area contributed by atoms with Crippen LogP contribution in [-0.4, -0.2) is 34.8 Å². The molecule has 11 heteroatoms. The van der Waals surface area contributed by atoms with Crippen molar-refractivity contribution in [2.75, 3.05) is 15.5 Å². The van der Waals surface area contributed by atoms with Gasteiger partial charge in [-0.2, -0.15) is 0 Å². The summed E-state index contributed by atoms with van der Waals surface area (Å²) < 4.78 is 5.14.